The van der Waals surface area contributed by atoms with E-state index in [-0.39, 0.29) is 5.69 Å². The number of carbonyl (C=O) groups excluding carboxylic acids is 1. The topological polar surface area (TPSA) is 91.2 Å². The van der Waals surface area contributed by atoms with E-state index in [4.69, 9.17) is 14.9 Å². The Labute approximate surface area is 120 Å². The Morgan fingerprint density at radius 3 is 2.90 bits per heavy atom. The largest absolute Gasteiger partial charge is 0.464 e. The highest BCUT2D eigenvalue weighted by Gasteiger charge is 2.17. The minimum atomic E-state index is -0.491. The summed E-state index contributed by atoms with van der Waals surface area (Å²) in [5, 5.41) is 0. The highest BCUT2D eigenvalue weighted by atomic mass is 16.5. The van der Waals surface area contributed by atoms with Crippen LogP contribution < -0.4 is 5.73 Å². The van der Waals surface area contributed by atoms with Crippen molar-refractivity contribution in [1.82, 2.24) is 9.97 Å². The monoisotopic (exact) mass is 283 g/mol. The maximum Gasteiger partial charge on any atom is 0.356 e. The number of rotatable bonds is 2. The summed E-state index contributed by atoms with van der Waals surface area (Å²) in [7, 11) is 1.32. The molecule has 0 bridgehead atoms. The Hall–Kier alpha value is -2.89. The molecule has 0 fully saturated rings. The second-order valence-electron chi connectivity index (χ2n) is 4.57. The first-order chi connectivity index (χ1) is 10.1. The number of anilines is 1. The van der Waals surface area contributed by atoms with Crippen molar-refractivity contribution in [2.75, 3.05) is 12.8 Å². The lowest BCUT2D eigenvalue weighted by molar-refractivity contribution is 0.0593. The van der Waals surface area contributed by atoms with E-state index in [0.29, 0.717) is 33.8 Å². The van der Waals surface area contributed by atoms with Crippen LogP contribution in [0.15, 0.2) is 34.9 Å². The van der Waals surface area contributed by atoms with Gasteiger partial charge in [0.25, 0.3) is 0 Å². The van der Waals surface area contributed by atoms with Crippen LogP contribution in [0, 0.1) is 6.92 Å². The van der Waals surface area contributed by atoms with Crippen molar-refractivity contribution >= 4 is 22.8 Å². The fraction of sp³-hybridized carbons (Fsp3) is 0.133. The van der Waals surface area contributed by atoms with E-state index < -0.39 is 5.97 Å². The normalized spacial score (nSPS) is 10.8. The number of benzene rings is 1. The fourth-order valence-corrected chi connectivity index (χ4v) is 2.13. The van der Waals surface area contributed by atoms with Gasteiger partial charge in [-0.15, -0.1) is 0 Å². The minimum absolute atomic E-state index is 0.247. The number of hydrogen-bond acceptors (Lipinski definition) is 6. The van der Waals surface area contributed by atoms with E-state index in [1.807, 2.05) is 0 Å². The van der Waals surface area contributed by atoms with Gasteiger partial charge in [0, 0.05) is 17.4 Å². The van der Waals surface area contributed by atoms with Crippen LogP contribution in [0.5, 0.6) is 0 Å². The van der Waals surface area contributed by atoms with E-state index in [2.05, 4.69) is 9.97 Å². The van der Waals surface area contributed by atoms with Gasteiger partial charge in [-0.2, -0.15) is 0 Å². The van der Waals surface area contributed by atoms with Crippen molar-refractivity contribution in [3.05, 3.63) is 41.7 Å². The third kappa shape index (κ3) is 2.20. The molecule has 0 unspecified atom stereocenters. The number of ether oxygens (including phenoxy) is 1. The van der Waals surface area contributed by atoms with Gasteiger partial charge in [-0.3, -0.25) is 0 Å². The number of nitrogens with two attached hydrogens (primary N) is 1. The molecule has 2 N–H and O–H groups in total. The zero-order valence-electron chi connectivity index (χ0n) is 11.6. The fourth-order valence-electron chi connectivity index (χ4n) is 2.13. The molecule has 0 aliphatic carbocycles. The molecule has 106 valence electrons. The van der Waals surface area contributed by atoms with Gasteiger partial charge >= 0.3 is 5.97 Å². The molecular weight excluding hydrogens is 270 g/mol. The number of fused-ring (bicyclic) bond motifs is 1. The van der Waals surface area contributed by atoms with Gasteiger partial charge in [0.05, 0.1) is 7.11 Å². The molecule has 0 spiro atoms. The molecule has 0 radical (unpaired) electrons. The molecule has 0 aliphatic heterocycles. The number of hydrogen-bond donors (Lipinski definition) is 1. The summed E-state index contributed by atoms with van der Waals surface area (Å²) >= 11 is 0. The summed E-state index contributed by atoms with van der Waals surface area (Å²) in [5.41, 5.74) is 9.25. The molecule has 6 nitrogen and oxygen atoms in total. The molecule has 0 atom stereocenters. The Morgan fingerprint density at radius 2 is 2.14 bits per heavy atom. The van der Waals surface area contributed by atoms with E-state index in [1.54, 1.807) is 31.2 Å². The Bertz CT molecular complexity index is 839. The number of pyridine rings is 1. The van der Waals surface area contributed by atoms with Crippen LogP contribution in [0.2, 0.25) is 0 Å². The predicted octanol–water partition coefficient (Wildman–Crippen LogP) is 2.57. The van der Waals surface area contributed by atoms with E-state index >= 15 is 0 Å². The molecule has 0 aliphatic rings. The minimum Gasteiger partial charge on any atom is -0.464 e. The summed E-state index contributed by atoms with van der Waals surface area (Å²) in [6.07, 6.45) is 1.53. The van der Waals surface area contributed by atoms with Crippen molar-refractivity contribution in [2.45, 2.75) is 6.92 Å². The second kappa shape index (κ2) is 4.90. The summed E-state index contributed by atoms with van der Waals surface area (Å²) in [5.74, 6) is -0.0737. The van der Waals surface area contributed by atoms with Crippen molar-refractivity contribution < 1.29 is 13.9 Å². The van der Waals surface area contributed by atoms with E-state index in [1.165, 1.54) is 13.3 Å². The van der Waals surface area contributed by atoms with Crippen molar-refractivity contribution in [3.63, 3.8) is 0 Å². The van der Waals surface area contributed by atoms with Gasteiger partial charge in [-0.1, -0.05) is 0 Å². The molecule has 3 aromatic rings. The molecular formula is C15H13N3O3. The van der Waals surface area contributed by atoms with Gasteiger partial charge < -0.3 is 14.9 Å². The number of aromatic nitrogens is 2. The van der Waals surface area contributed by atoms with Crippen molar-refractivity contribution in [1.29, 1.82) is 0 Å². The first-order valence-electron chi connectivity index (χ1n) is 6.30. The van der Waals surface area contributed by atoms with Gasteiger partial charge in [0.2, 0.25) is 5.89 Å². The lowest BCUT2D eigenvalue weighted by Crippen LogP contribution is -2.07. The van der Waals surface area contributed by atoms with Crippen LogP contribution in [-0.2, 0) is 4.74 Å². The Morgan fingerprint density at radius 1 is 1.33 bits per heavy atom. The second-order valence-corrected chi connectivity index (χ2v) is 4.57. The van der Waals surface area contributed by atoms with Crippen molar-refractivity contribution in [3.8, 4) is 11.5 Å². The van der Waals surface area contributed by atoms with Gasteiger partial charge in [0.1, 0.15) is 5.52 Å². The molecule has 3 rings (SSSR count). The third-order valence-corrected chi connectivity index (χ3v) is 3.22. The lowest BCUT2D eigenvalue weighted by atomic mass is 10.1. The average molecular weight is 283 g/mol. The lowest BCUT2D eigenvalue weighted by Gasteiger charge is -2.05. The number of methoxy groups -OCH3 is 1. The zero-order valence-corrected chi connectivity index (χ0v) is 11.6. The summed E-state index contributed by atoms with van der Waals surface area (Å²) in [6.45, 7) is 1.78. The maximum atomic E-state index is 11.7. The predicted molar refractivity (Wildman–Crippen MR) is 77.7 cm³/mol. The summed E-state index contributed by atoms with van der Waals surface area (Å²) in [6, 6.07) is 6.99. The molecule has 0 saturated carbocycles. The maximum absolute atomic E-state index is 11.7. The standard InChI is InChI=1S/C15H13N3O3/c1-8-10(5-6-17-13(8)15(19)20-2)14-18-11-7-9(16)3-4-12(11)21-14/h3-7H,16H2,1-2H3. The summed E-state index contributed by atoms with van der Waals surface area (Å²) < 4.78 is 10.4. The smallest absolute Gasteiger partial charge is 0.356 e. The van der Waals surface area contributed by atoms with Crippen LogP contribution >= 0.6 is 0 Å². The third-order valence-electron chi connectivity index (χ3n) is 3.22. The number of esters is 1. The van der Waals surface area contributed by atoms with Crippen LogP contribution in [0.4, 0.5) is 5.69 Å². The molecule has 6 heteroatoms. The quantitative estimate of drug-likeness (QED) is 0.574. The molecule has 21 heavy (non-hydrogen) atoms. The highest BCUT2D eigenvalue weighted by molar-refractivity contribution is 5.91. The first-order valence-corrected chi connectivity index (χ1v) is 6.30. The Balaban J connectivity index is 2.16. The van der Waals surface area contributed by atoms with Crippen LogP contribution in [0.3, 0.4) is 0 Å². The molecule has 0 saturated heterocycles. The number of nitrogens with zero attached hydrogens (tertiary/aromatic N) is 2. The van der Waals surface area contributed by atoms with Gasteiger partial charge in [0.15, 0.2) is 11.3 Å². The van der Waals surface area contributed by atoms with Crippen molar-refractivity contribution in [2.24, 2.45) is 0 Å². The van der Waals surface area contributed by atoms with Gasteiger partial charge in [-0.25, -0.2) is 14.8 Å². The number of nitrogen functional groups attached to an aromatic ring is 1. The van der Waals surface area contributed by atoms with E-state index in [0.717, 1.165) is 0 Å². The molecule has 1 aromatic carbocycles. The van der Waals surface area contributed by atoms with Crippen LogP contribution in [-0.4, -0.2) is 23.0 Å². The zero-order chi connectivity index (χ0) is 15.0. The molecule has 2 aromatic heterocycles. The SMILES string of the molecule is COC(=O)c1nccc(-c2nc3cc(N)ccc3o2)c1C. The summed E-state index contributed by atoms with van der Waals surface area (Å²) in [4.78, 5) is 20.1. The number of carbonyl (C=O) groups is 1. The highest BCUT2D eigenvalue weighted by Crippen LogP contribution is 2.28. The van der Waals surface area contributed by atoms with Crippen LogP contribution in [0.1, 0.15) is 16.1 Å². The van der Waals surface area contributed by atoms with Gasteiger partial charge in [-0.05, 0) is 36.8 Å². The molecule has 0 amide bonds. The van der Waals surface area contributed by atoms with Crippen LogP contribution in [0.25, 0.3) is 22.6 Å². The Kier molecular flexibility index (Phi) is 3.06. The average Bonchev–Trinajstić information content (AvgIpc) is 2.89. The van der Waals surface area contributed by atoms with E-state index in [9.17, 15) is 4.79 Å². The number of oxazole rings is 1. The molecule has 2 heterocycles. The first kappa shape index (κ1) is 13.1.